The predicted molar refractivity (Wildman–Crippen MR) is 65.2 cm³/mol. The lowest BCUT2D eigenvalue weighted by Gasteiger charge is -2.09. The summed E-state index contributed by atoms with van der Waals surface area (Å²) in [7, 11) is 1.29. The minimum absolute atomic E-state index is 0.0192. The molecule has 1 atom stereocenters. The first-order chi connectivity index (χ1) is 7.95. The van der Waals surface area contributed by atoms with Crippen molar-refractivity contribution in [3.05, 3.63) is 33.9 Å². The van der Waals surface area contributed by atoms with Gasteiger partial charge in [0, 0.05) is 6.07 Å². The van der Waals surface area contributed by atoms with Crippen LogP contribution in [-0.4, -0.2) is 23.3 Å². The van der Waals surface area contributed by atoms with Crippen LogP contribution in [0.2, 0.25) is 0 Å². The summed E-state index contributed by atoms with van der Waals surface area (Å²) in [6.45, 7) is 3.44. The highest BCUT2D eigenvalue weighted by atomic mass is 32.2. The van der Waals surface area contributed by atoms with Gasteiger partial charge in [-0.2, -0.15) is 0 Å². The number of nitrogens with zero attached hydrogens (tertiary/aromatic N) is 1. The number of benzene rings is 1. The van der Waals surface area contributed by atoms with E-state index in [4.69, 9.17) is 0 Å². The van der Waals surface area contributed by atoms with Crippen LogP contribution in [0, 0.1) is 17.0 Å². The number of aryl methyl sites for hydroxylation is 1. The lowest BCUT2D eigenvalue weighted by molar-refractivity contribution is -0.387. The van der Waals surface area contributed by atoms with Gasteiger partial charge in [-0.05, 0) is 25.5 Å². The third kappa shape index (κ3) is 3.45. The van der Waals surface area contributed by atoms with Gasteiger partial charge in [-0.1, -0.05) is 6.07 Å². The molecule has 0 spiro atoms. The summed E-state index contributed by atoms with van der Waals surface area (Å²) in [5.41, 5.74) is 0.831. The van der Waals surface area contributed by atoms with Crippen molar-refractivity contribution in [2.75, 3.05) is 7.11 Å². The van der Waals surface area contributed by atoms with E-state index in [2.05, 4.69) is 4.74 Å². The molecule has 0 aliphatic carbocycles. The highest BCUT2D eigenvalue weighted by molar-refractivity contribution is 8.00. The van der Waals surface area contributed by atoms with Crippen LogP contribution in [0.1, 0.15) is 12.5 Å². The van der Waals surface area contributed by atoms with Gasteiger partial charge in [-0.3, -0.25) is 14.9 Å². The van der Waals surface area contributed by atoms with Gasteiger partial charge < -0.3 is 4.74 Å². The number of methoxy groups -OCH3 is 1. The van der Waals surface area contributed by atoms with Crippen molar-refractivity contribution in [3.63, 3.8) is 0 Å². The second-order valence-corrected chi connectivity index (χ2v) is 4.89. The van der Waals surface area contributed by atoms with Crippen molar-refractivity contribution in [1.29, 1.82) is 0 Å². The van der Waals surface area contributed by atoms with Gasteiger partial charge in [0.1, 0.15) is 5.25 Å². The molecule has 17 heavy (non-hydrogen) atoms. The van der Waals surface area contributed by atoms with E-state index in [1.807, 2.05) is 0 Å². The van der Waals surface area contributed by atoms with Crippen LogP contribution in [0.3, 0.4) is 0 Å². The van der Waals surface area contributed by atoms with Crippen LogP contribution in [-0.2, 0) is 9.53 Å². The Hall–Kier alpha value is -1.56. The maximum absolute atomic E-state index is 11.3. The maximum atomic E-state index is 11.3. The van der Waals surface area contributed by atoms with E-state index in [9.17, 15) is 14.9 Å². The highest BCUT2D eigenvalue weighted by Crippen LogP contribution is 2.33. The molecule has 0 aliphatic heterocycles. The van der Waals surface area contributed by atoms with E-state index in [0.717, 1.165) is 17.3 Å². The largest absolute Gasteiger partial charge is 0.468 e. The van der Waals surface area contributed by atoms with Crippen molar-refractivity contribution >= 4 is 23.4 Å². The topological polar surface area (TPSA) is 69.4 Å². The summed E-state index contributed by atoms with van der Waals surface area (Å²) < 4.78 is 4.58. The zero-order valence-corrected chi connectivity index (χ0v) is 10.6. The van der Waals surface area contributed by atoms with Gasteiger partial charge in [-0.25, -0.2) is 0 Å². The van der Waals surface area contributed by atoms with Crippen LogP contribution in [0.25, 0.3) is 0 Å². The monoisotopic (exact) mass is 255 g/mol. The predicted octanol–water partition coefficient (Wildman–Crippen LogP) is 2.56. The van der Waals surface area contributed by atoms with Gasteiger partial charge in [0.25, 0.3) is 5.69 Å². The minimum atomic E-state index is -0.471. The lowest BCUT2D eigenvalue weighted by Crippen LogP contribution is -2.14. The number of carbonyl (C=O) groups excluding carboxylic acids is 1. The molecule has 92 valence electrons. The molecule has 0 saturated heterocycles. The fourth-order valence-electron chi connectivity index (χ4n) is 1.27. The molecule has 1 unspecified atom stereocenters. The number of nitro benzene ring substituents is 1. The minimum Gasteiger partial charge on any atom is -0.468 e. The molecule has 0 aromatic heterocycles. The molecule has 1 rings (SSSR count). The first-order valence-corrected chi connectivity index (χ1v) is 5.83. The van der Waals surface area contributed by atoms with Crippen LogP contribution in [0.5, 0.6) is 0 Å². The Bertz CT molecular complexity index is 447. The van der Waals surface area contributed by atoms with Gasteiger partial charge in [0.05, 0.1) is 16.9 Å². The highest BCUT2D eigenvalue weighted by Gasteiger charge is 2.21. The second kappa shape index (κ2) is 5.67. The van der Waals surface area contributed by atoms with E-state index in [1.54, 1.807) is 26.0 Å². The molecule has 0 bridgehead atoms. The van der Waals surface area contributed by atoms with E-state index in [-0.39, 0.29) is 5.69 Å². The van der Waals surface area contributed by atoms with Crippen molar-refractivity contribution in [3.8, 4) is 0 Å². The number of carbonyl (C=O) groups is 1. The normalized spacial score (nSPS) is 11.9. The molecule has 0 heterocycles. The molecule has 6 heteroatoms. The number of nitro groups is 1. The Balaban J connectivity index is 2.98. The summed E-state index contributed by atoms with van der Waals surface area (Å²) in [4.78, 5) is 22.1. The molecular weight excluding hydrogens is 242 g/mol. The zero-order chi connectivity index (χ0) is 13.0. The summed E-state index contributed by atoms with van der Waals surface area (Å²) in [5.74, 6) is -0.398. The van der Waals surface area contributed by atoms with Crippen molar-refractivity contribution in [1.82, 2.24) is 0 Å². The summed E-state index contributed by atoms with van der Waals surface area (Å²) >= 11 is 1.12. The van der Waals surface area contributed by atoms with E-state index >= 15 is 0 Å². The number of esters is 1. The molecule has 5 nitrogen and oxygen atoms in total. The molecule has 0 fully saturated rings. The standard InChI is InChI=1S/C11H13NO4S/c1-7-4-5-10(9(6-7)12(14)15)17-8(2)11(13)16-3/h4-6,8H,1-3H3. The quantitative estimate of drug-likeness (QED) is 0.358. The SMILES string of the molecule is COC(=O)C(C)Sc1ccc(C)cc1[N+](=O)[O-]. The van der Waals surface area contributed by atoms with Crippen LogP contribution in [0.4, 0.5) is 5.69 Å². The van der Waals surface area contributed by atoms with Crippen LogP contribution in [0.15, 0.2) is 23.1 Å². The molecule has 1 aromatic carbocycles. The van der Waals surface area contributed by atoms with Crippen LogP contribution >= 0.6 is 11.8 Å². The third-order valence-corrected chi connectivity index (χ3v) is 3.29. The molecule has 0 radical (unpaired) electrons. The third-order valence-electron chi connectivity index (χ3n) is 2.15. The first-order valence-electron chi connectivity index (χ1n) is 4.95. The van der Waals surface area contributed by atoms with Crippen molar-refractivity contribution < 1.29 is 14.5 Å². The van der Waals surface area contributed by atoms with Gasteiger partial charge in [-0.15, -0.1) is 11.8 Å². The summed E-state index contributed by atoms with van der Waals surface area (Å²) in [6.07, 6.45) is 0. The van der Waals surface area contributed by atoms with Crippen molar-refractivity contribution in [2.45, 2.75) is 24.0 Å². The zero-order valence-electron chi connectivity index (χ0n) is 9.80. The molecule has 0 N–H and O–H groups in total. The number of rotatable bonds is 4. The molecule has 1 aromatic rings. The Kier molecular flexibility index (Phi) is 4.51. The summed E-state index contributed by atoms with van der Waals surface area (Å²) in [5, 5.41) is 10.4. The number of hydrogen-bond donors (Lipinski definition) is 0. The molecule has 0 aliphatic rings. The fourth-order valence-corrected chi connectivity index (χ4v) is 2.25. The first kappa shape index (κ1) is 13.5. The molecule has 0 saturated carbocycles. The average molecular weight is 255 g/mol. The van der Waals surface area contributed by atoms with E-state index in [1.165, 1.54) is 13.2 Å². The van der Waals surface area contributed by atoms with Crippen molar-refractivity contribution in [2.24, 2.45) is 0 Å². The fraction of sp³-hybridized carbons (Fsp3) is 0.364. The van der Waals surface area contributed by atoms with E-state index < -0.39 is 16.1 Å². The molecular formula is C11H13NO4S. The molecule has 0 amide bonds. The number of thioether (sulfide) groups is 1. The van der Waals surface area contributed by atoms with Gasteiger partial charge in [0.2, 0.25) is 0 Å². The Morgan fingerprint density at radius 3 is 2.71 bits per heavy atom. The number of hydrogen-bond acceptors (Lipinski definition) is 5. The van der Waals surface area contributed by atoms with Gasteiger partial charge in [0.15, 0.2) is 0 Å². The average Bonchev–Trinajstić information content (AvgIpc) is 2.29. The summed E-state index contributed by atoms with van der Waals surface area (Å²) in [6, 6.07) is 4.92. The Morgan fingerprint density at radius 2 is 2.18 bits per heavy atom. The lowest BCUT2D eigenvalue weighted by atomic mass is 10.2. The maximum Gasteiger partial charge on any atom is 0.318 e. The van der Waals surface area contributed by atoms with E-state index in [0.29, 0.717) is 4.90 Å². The Morgan fingerprint density at radius 1 is 1.53 bits per heavy atom. The van der Waals surface area contributed by atoms with Crippen LogP contribution < -0.4 is 0 Å². The smallest absolute Gasteiger partial charge is 0.318 e. The van der Waals surface area contributed by atoms with Gasteiger partial charge >= 0.3 is 5.97 Å². The Labute approximate surface area is 103 Å². The number of ether oxygens (including phenoxy) is 1. The second-order valence-electron chi connectivity index (χ2n) is 3.51.